The predicted octanol–water partition coefficient (Wildman–Crippen LogP) is 5.19. The molecule has 3 aliphatic rings. The Bertz CT molecular complexity index is 1690. The molecule has 2 aromatic heterocycles. The molecule has 1 saturated heterocycles. The summed E-state index contributed by atoms with van der Waals surface area (Å²) in [6.07, 6.45) is 7.01. The number of aryl methyl sites for hydroxylation is 1. The molecule has 3 aromatic rings. The number of methoxy groups -OCH3 is 1. The Morgan fingerprint density at radius 3 is 2.51 bits per heavy atom. The number of carboxylic acid groups (broad SMARTS) is 1. The topological polar surface area (TPSA) is 136 Å². The zero-order valence-electron chi connectivity index (χ0n) is 28.3. The van der Waals surface area contributed by atoms with Gasteiger partial charge in [-0.15, -0.1) is 0 Å². The Labute approximate surface area is 276 Å². The first-order chi connectivity index (χ1) is 22.3. The van der Waals surface area contributed by atoms with Gasteiger partial charge in [-0.1, -0.05) is 40.0 Å². The lowest BCUT2D eigenvalue weighted by Gasteiger charge is -2.26. The van der Waals surface area contributed by atoms with Crippen LogP contribution in [-0.4, -0.2) is 74.9 Å². The Morgan fingerprint density at radius 1 is 1.06 bits per heavy atom. The van der Waals surface area contributed by atoms with Crippen LogP contribution >= 0.6 is 0 Å². The maximum atomic E-state index is 13.9. The summed E-state index contributed by atoms with van der Waals surface area (Å²) in [6.45, 7) is 8.89. The van der Waals surface area contributed by atoms with E-state index in [1.807, 2.05) is 37.4 Å². The monoisotopic (exact) mass is 645 g/mol. The fourth-order valence-electron chi connectivity index (χ4n) is 7.43. The molecule has 47 heavy (non-hydrogen) atoms. The largest absolute Gasteiger partial charge is 0.496 e. The number of fused-ring (bicyclic) bond motifs is 3. The van der Waals surface area contributed by atoms with Crippen LogP contribution in [0.5, 0.6) is 11.5 Å². The van der Waals surface area contributed by atoms with E-state index in [2.05, 4.69) is 26.1 Å². The van der Waals surface area contributed by atoms with Crippen LogP contribution in [0.25, 0.3) is 16.7 Å². The second-order valence-corrected chi connectivity index (χ2v) is 14.7. The molecule has 0 unspecified atom stereocenters. The number of aromatic nitrogens is 3. The van der Waals surface area contributed by atoms with E-state index in [9.17, 15) is 19.5 Å². The number of benzene rings is 1. The quantitative estimate of drug-likeness (QED) is 0.387. The lowest BCUT2D eigenvalue weighted by molar-refractivity contribution is -0.145. The molecule has 3 heterocycles. The second-order valence-electron chi connectivity index (χ2n) is 14.7. The molecule has 1 aliphatic heterocycles. The van der Waals surface area contributed by atoms with E-state index in [0.29, 0.717) is 48.6 Å². The summed E-state index contributed by atoms with van der Waals surface area (Å²) in [5.74, 6) is -1.03. The Morgan fingerprint density at radius 2 is 1.81 bits per heavy atom. The van der Waals surface area contributed by atoms with Crippen molar-refractivity contribution in [1.82, 2.24) is 25.0 Å². The molecular formula is C36H47N5O6. The first-order valence-corrected chi connectivity index (χ1v) is 16.8. The highest BCUT2D eigenvalue weighted by Gasteiger charge is 2.62. The maximum Gasteiger partial charge on any atom is 0.329 e. The highest BCUT2D eigenvalue weighted by atomic mass is 16.5. The van der Waals surface area contributed by atoms with E-state index in [4.69, 9.17) is 19.6 Å². The number of carbonyl (C=O) groups excluding carboxylic acids is 2. The number of amides is 2. The fraction of sp³-hybridized carbons (Fsp3) is 0.583. The molecule has 2 N–H and O–H groups in total. The second kappa shape index (κ2) is 12.5. The molecule has 252 valence electrons. The van der Waals surface area contributed by atoms with E-state index < -0.39 is 29.4 Å². The van der Waals surface area contributed by atoms with Gasteiger partial charge in [0, 0.05) is 42.2 Å². The third kappa shape index (κ3) is 6.28. The van der Waals surface area contributed by atoms with Gasteiger partial charge in [0.05, 0.1) is 30.2 Å². The Balaban J connectivity index is 1.35. The summed E-state index contributed by atoms with van der Waals surface area (Å²) in [6, 6.07) is 7.63. The molecule has 2 amide bonds. The SMILES string of the molecule is COc1ccc2c(O[C@@H]3C[C@H]4C(=O)N[C@]5(C(=O)O)C[C@H]5CCCCCCN(C)C(=O)[C@@H]4C3)cc(-n3ccc(C(C)(C)C)n3)nc2c1C. The summed E-state index contributed by atoms with van der Waals surface area (Å²) in [5, 5.41) is 18.6. The standard InChI is InChI=1S/C36H47N5O6/c1-21-27(46-6)13-12-24-28(19-30(37-31(21)24)41-16-14-29(39-41)35(2,3)4)47-23-17-25-26(18-23)33(43)40(5)15-10-8-7-9-11-22-20-36(22,34(44)45)38-32(25)42/h12-14,16,19,22-23,25-26H,7-11,15,17-18,20H2,1-6H3,(H,38,42)(H,44,45)/t22-,23-,25-,26-,36-/m1/s1. The van der Waals surface area contributed by atoms with Gasteiger partial charge in [0.2, 0.25) is 11.8 Å². The molecule has 2 aliphatic carbocycles. The van der Waals surface area contributed by atoms with Gasteiger partial charge in [0.25, 0.3) is 0 Å². The van der Waals surface area contributed by atoms with Gasteiger partial charge in [0.1, 0.15) is 23.1 Å². The molecule has 0 bridgehead atoms. The lowest BCUT2D eigenvalue weighted by Crippen LogP contribution is -2.49. The Kier molecular flexibility index (Phi) is 8.69. The van der Waals surface area contributed by atoms with Gasteiger partial charge in [0.15, 0.2) is 5.82 Å². The van der Waals surface area contributed by atoms with Gasteiger partial charge in [-0.2, -0.15) is 5.10 Å². The van der Waals surface area contributed by atoms with Crippen molar-refractivity contribution < 1.29 is 29.0 Å². The van der Waals surface area contributed by atoms with Crippen molar-refractivity contribution in [2.75, 3.05) is 20.7 Å². The Hall–Kier alpha value is -4.15. The summed E-state index contributed by atoms with van der Waals surface area (Å²) in [4.78, 5) is 46.8. The van der Waals surface area contributed by atoms with E-state index in [1.165, 1.54) is 0 Å². The normalized spacial score (nSPS) is 27.1. The molecular weight excluding hydrogens is 598 g/mol. The average Bonchev–Trinajstić information content (AvgIpc) is 3.33. The van der Waals surface area contributed by atoms with Crippen molar-refractivity contribution in [3.8, 4) is 17.3 Å². The highest BCUT2D eigenvalue weighted by Crippen LogP contribution is 2.48. The lowest BCUT2D eigenvalue weighted by atomic mass is 9.92. The number of pyridine rings is 1. The van der Waals surface area contributed by atoms with Crippen molar-refractivity contribution >= 4 is 28.7 Å². The zero-order valence-corrected chi connectivity index (χ0v) is 28.3. The molecule has 11 nitrogen and oxygen atoms in total. The van der Waals surface area contributed by atoms with Gasteiger partial charge in [-0.25, -0.2) is 14.5 Å². The molecule has 6 rings (SSSR count). The van der Waals surface area contributed by atoms with E-state index in [-0.39, 0.29) is 23.1 Å². The van der Waals surface area contributed by atoms with Crippen molar-refractivity contribution in [3.63, 3.8) is 0 Å². The van der Waals surface area contributed by atoms with Crippen LogP contribution in [0.2, 0.25) is 0 Å². The fourth-order valence-corrected chi connectivity index (χ4v) is 7.43. The van der Waals surface area contributed by atoms with E-state index in [0.717, 1.165) is 48.7 Å². The van der Waals surface area contributed by atoms with Gasteiger partial charge >= 0.3 is 5.97 Å². The van der Waals surface area contributed by atoms with Crippen LogP contribution < -0.4 is 14.8 Å². The predicted molar refractivity (Wildman–Crippen MR) is 177 cm³/mol. The van der Waals surface area contributed by atoms with E-state index in [1.54, 1.807) is 23.7 Å². The number of nitrogens with one attached hydrogen (secondary N) is 1. The molecule has 5 atom stereocenters. The smallest absolute Gasteiger partial charge is 0.329 e. The van der Waals surface area contributed by atoms with Crippen molar-refractivity contribution in [3.05, 3.63) is 41.7 Å². The summed E-state index contributed by atoms with van der Waals surface area (Å²) < 4.78 is 14.1. The number of carboxylic acids is 1. The third-order valence-corrected chi connectivity index (χ3v) is 10.4. The minimum absolute atomic E-state index is 0.0832. The van der Waals surface area contributed by atoms with Crippen molar-refractivity contribution in [2.24, 2.45) is 17.8 Å². The van der Waals surface area contributed by atoms with Crippen LogP contribution in [0.3, 0.4) is 0 Å². The molecule has 1 aromatic carbocycles. The number of hydrogen-bond donors (Lipinski definition) is 2. The number of nitrogens with zero attached hydrogens (tertiary/aromatic N) is 4. The first-order valence-electron chi connectivity index (χ1n) is 16.8. The number of hydrogen-bond acceptors (Lipinski definition) is 7. The number of ether oxygens (including phenoxy) is 2. The highest BCUT2D eigenvalue weighted by molar-refractivity contribution is 5.94. The minimum atomic E-state index is -1.25. The summed E-state index contributed by atoms with van der Waals surface area (Å²) in [7, 11) is 3.42. The van der Waals surface area contributed by atoms with E-state index >= 15 is 0 Å². The summed E-state index contributed by atoms with van der Waals surface area (Å²) >= 11 is 0. The molecule has 11 heteroatoms. The van der Waals surface area contributed by atoms with Gasteiger partial charge in [-0.3, -0.25) is 9.59 Å². The molecule has 0 spiro atoms. The van der Waals surface area contributed by atoms with Crippen molar-refractivity contribution in [1.29, 1.82) is 0 Å². The van der Waals surface area contributed by atoms with Crippen LogP contribution in [0.1, 0.15) is 83.4 Å². The minimum Gasteiger partial charge on any atom is -0.496 e. The molecule has 0 radical (unpaired) electrons. The number of carbonyl (C=O) groups is 3. The van der Waals surface area contributed by atoms with Crippen LogP contribution in [-0.2, 0) is 19.8 Å². The van der Waals surface area contributed by atoms with Crippen LogP contribution in [0.4, 0.5) is 0 Å². The summed E-state index contributed by atoms with van der Waals surface area (Å²) in [5.41, 5.74) is 1.09. The average molecular weight is 646 g/mol. The number of rotatable bonds is 5. The van der Waals surface area contributed by atoms with Crippen LogP contribution in [0.15, 0.2) is 30.5 Å². The van der Waals surface area contributed by atoms with Gasteiger partial charge in [-0.05, 0) is 63.1 Å². The first kappa shape index (κ1) is 32.8. The van der Waals surface area contributed by atoms with Crippen molar-refractivity contribution in [2.45, 2.75) is 96.1 Å². The van der Waals surface area contributed by atoms with Gasteiger partial charge < -0.3 is 24.8 Å². The number of aliphatic carboxylic acids is 1. The van der Waals surface area contributed by atoms with Crippen LogP contribution in [0, 0.1) is 24.7 Å². The molecule has 3 fully saturated rings. The third-order valence-electron chi connectivity index (χ3n) is 10.4. The zero-order chi connectivity index (χ0) is 33.7. The maximum absolute atomic E-state index is 13.9. The molecule has 2 saturated carbocycles.